The fourth-order valence-electron chi connectivity index (χ4n) is 1.38. The second-order valence-corrected chi connectivity index (χ2v) is 6.50. The van der Waals surface area contributed by atoms with Gasteiger partial charge in [0.25, 0.3) is 0 Å². The van der Waals surface area contributed by atoms with Crippen LogP contribution in [0.15, 0.2) is 32.7 Å². The van der Waals surface area contributed by atoms with Crippen LogP contribution in [0.1, 0.15) is 32.4 Å². The zero-order valence-corrected chi connectivity index (χ0v) is 12.4. The van der Waals surface area contributed by atoms with Crippen LogP contribution in [0.2, 0.25) is 5.15 Å². The highest BCUT2D eigenvalue weighted by molar-refractivity contribution is 7.99. The number of hydrogen-bond acceptors (Lipinski definition) is 4. The molecular formula is C13H15ClN2OS. The van der Waals surface area contributed by atoms with Crippen molar-refractivity contribution in [1.82, 2.24) is 9.97 Å². The summed E-state index contributed by atoms with van der Waals surface area (Å²) in [6.07, 6.45) is 1.67. The first-order valence-corrected chi connectivity index (χ1v) is 6.83. The molecule has 0 fully saturated rings. The molecule has 0 aliphatic heterocycles. The van der Waals surface area contributed by atoms with Crippen molar-refractivity contribution in [2.24, 2.45) is 0 Å². The Bertz CT molecular complexity index is 560. The zero-order valence-electron chi connectivity index (χ0n) is 10.8. The third-order valence-electron chi connectivity index (χ3n) is 2.37. The lowest BCUT2D eigenvalue weighted by Gasteiger charge is -2.17. The van der Waals surface area contributed by atoms with Gasteiger partial charge in [-0.05, 0) is 13.0 Å². The van der Waals surface area contributed by atoms with Gasteiger partial charge in [0.1, 0.15) is 21.8 Å². The Morgan fingerprint density at radius 3 is 2.56 bits per heavy atom. The summed E-state index contributed by atoms with van der Waals surface area (Å²) in [6.45, 7) is 8.12. The van der Waals surface area contributed by atoms with Crippen LogP contribution in [0.3, 0.4) is 0 Å². The molecule has 0 aliphatic rings. The summed E-state index contributed by atoms with van der Waals surface area (Å²) in [5.41, 5.74) is -0.119. The maximum Gasteiger partial charge on any atom is 0.136 e. The van der Waals surface area contributed by atoms with Crippen LogP contribution in [0.4, 0.5) is 0 Å². The third kappa shape index (κ3) is 3.06. The van der Waals surface area contributed by atoms with Crippen molar-refractivity contribution < 1.29 is 4.42 Å². The minimum atomic E-state index is -0.119. The summed E-state index contributed by atoms with van der Waals surface area (Å²) >= 11 is 7.58. The molecule has 0 bridgehead atoms. The number of furan rings is 1. The summed E-state index contributed by atoms with van der Waals surface area (Å²) in [5, 5.41) is 1.31. The largest absolute Gasteiger partial charge is 0.468 e. The van der Waals surface area contributed by atoms with Gasteiger partial charge in [-0.1, -0.05) is 44.1 Å². The Morgan fingerprint density at radius 2 is 2.00 bits per heavy atom. The number of aromatic nitrogens is 2. The van der Waals surface area contributed by atoms with Crippen LogP contribution >= 0.6 is 23.4 Å². The smallest absolute Gasteiger partial charge is 0.136 e. The van der Waals surface area contributed by atoms with E-state index in [0.717, 1.165) is 21.5 Å². The molecule has 96 valence electrons. The van der Waals surface area contributed by atoms with E-state index in [9.17, 15) is 0 Å². The topological polar surface area (TPSA) is 38.9 Å². The highest BCUT2D eigenvalue weighted by Gasteiger charge is 2.19. The van der Waals surface area contributed by atoms with Crippen LogP contribution in [0.5, 0.6) is 0 Å². The van der Waals surface area contributed by atoms with Gasteiger partial charge < -0.3 is 4.42 Å². The molecule has 0 spiro atoms. The van der Waals surface area contributed by atoms with E-state index in [1.54, 1.807) is 12.3 Å². The monoisotopic (exact) mass is 282 g/mol. The van der Waals surface area contributed by atoms with Crippen LogP contribution in [-0.2, 0) is 5.41 Å². The van der Waals surface area contributed by atoms with Gasteiger partial charge in [0.15, 0.2) is 0 Å². The summed E-state index contributed by atoms with van der Waals surface area (Å²) in [7, 11) is 0. The van der Waals surface area contributed by atoms with Crippen LogP contribution in [0, 0.1) is 6.92 Å². The van der Waals surface area contributed by atoms with Crippen molar-refractivity contribution in [1.29, 1.82) is 0 Å². The summed E-state index contributed by atoms with van der Waals surface area (Å²) < 4.78 is 5.27. The van der Waals surface area contributed by atoms with E-state index in [1.165, 1.54) is 11.8 Å². The molecule has 2 rings (SSSR count). The molecule has 0 radical (unpaired) electrons. The maximum absolute atomic E-state index is 6.05. The number of halogens is 1. The molecule has 2 aromatic rings. The fourth-order valence-corrected chi connectivity index (χ4v) is 2.47. The van der Waals surface area contributed by atoms with E-state index in [1.807, 2.05) is 13.0 Å². The minimum absolute atomic E-state index is 0.119. The van der Waals surface area contributed by atoms with E-state index in [2.05, 4.69) is 30.7 Å². The van der Waals surface area contributed by atoms with Crippen molar-refractivity contribution in [3.63, 3.8) is 0 Å². The molecule has 0 saturated heterocycles. The molecule has 0 aliphatic carbocycles. The summed E-state index contributed by atoms with van der Waals surface area (Å²) in [6, 6.07) is 3.70. The van der Waals surface area contributed by atoms with Gasteiger partial charge >= 0.3 is 0 Å². The molecule has 2 aromatic heterocycles. The van der Waals surface area contributed by atoms with Crippen molar-refractivity contribution in [2.75, 3.05) is 0 Å². The first kappa shape index (κ1) is 13.4. The average Bonchev–Trinajstić information content (AvgIpc) is 2.62. The Labute approximate surface area is 116 Å². The average molecular weight is 283 g/mol. The van der Waals surface area contributed by atoms with Crippen molar-refractivity contribution in [3.05, 3.63) is 35.1 Å². The number of rotatable bonds is 2. The molecule has 0 amide bonds. The summed E-state index contributed by atoms with van der Waals surface area (Å²) in [5.74, 6) is 1.63. The third-order valence-corrected chi connectivity index (χ3v) is 3.62. The number of nitrogens with zero attached hydrogens (tertiary/aromatic N) is 2. The Balaban J connectivity index is 2.35. The molecule has 0 aromatic carbocycles. The molecule has 3 nitrogen and oxygen atoms in total. The minimum Gasteiger partial charge on any atom is -0.468 e. The lowest BCUT2D eigenvalue weighted by Crippen LogP contribution is -2.16. The van der Waals surface area contributed by atoms with Crippen molar-refractivity contribution >= 4 is 23.4 Å². The van der Waals surface area contributed by atoms with Gasteiger partial charge in [-0.2, -0.15) is 0 Å². The lowest BCUT2D eigenvalue weighted by atomic mass is 9.96. The van der Waals surface area contributed by atoms with E-state index >= 15 is 0 Å². The molecule has 2 heterocycles. The van der Waals surface area contributed by atoms with Gasteiger partial charge in [-0.15, -0.1) is 0 Å². The Kier molecular flexibility index (Phi) is 3.69. The molecule has 0 N–H and O–H groups in total. The van der Waals surface area contributed by atoms with Gasteiger partial charge in [0.2, 0.25) is 0 Å². The fraction of sp³-hybridized carbons (Fsp3) is 0.385. The molecule has 18 heavy (non-hydrogen) atoms. The van der Waals surface area contributed by atoms with E-state index in [4.69, 9.17) is 16.0 Å². The Hall–Kier alpha value is -1.00. The number of aryl methyl sites for hydroxylation is 1. The second-order valence-electron chi connectivity index (χ2n) is 5.05. The van der Waals surface area contributed by atoms with Gasteiger partial charge in [-0.25, -0.2) is 9.97 Å². The lowest BCUT2D eigenvalue weighted by molar-refractivity contribution is 0.526. The van der Waals surface area contributed by atoms with Gasteiger partial charge in [-0.3, -0.25) is 0 Å². The van der Waals surface area contributed by atoms with Crippen LogP contribution in [0.25, 0.3) is 0 Å². The summed E-state index contributed by atoms with van der Waals surface area (Å²) in [4.78, 5) is 9.87. The molecule has 0 saturated carbocycles. The maximum atomic E-state index is 6.05. The molecule has 0 atom stereocenters. The van der Waals surface area contributed by atoms with Crippen LogP contribution in [-0.4, -0.2) is 9.97 Å². The van der Waals surface area contributed by atoms with E-state index < -0.39 is 0 Å². The van der Waals surface area contributed by atoms with E-state index in [0.29, 0.717) is 5.15 Å². The van der Waals surface area contributed by atoms with Gasteiger partial charge in [0, 0.05) is 11.5 Å². The standard InChI is InChI=1S/C13H15ClN2OS/c1-8-9(5-6-17-8)18-11-7-10(14)15-12(16-11)13(2,3)4/h5-7H,1-4H3. The predicted octanol–water partition coefficient (Wildman–Crippen LogP) is 4.48. The molecule has 5 heteroatoms. The SMILES string of the molecule is Cc1occc1Sc1cc(Cl)nc(C(C)(C)C)n1. The van der Waals surface area contributed by atoms with Crippen molar-refractivity contribution in [3.8, 4) is 0 Å². The Morgan fingerprint density at radius 1 is 1.28 bits per heavy atom. The van der Waals surface area contributed by atoms with E-state index in [-0.39, 0.29) is 5.41 Å². The highest BCUT2D eigenvalue weighted by atomic mass is 35.5. The first-order chi connectivity index (χ1) is 8.36. The zero-order chi connectivity index (χ0) is 13.3. The first-order valence-electron chi connectivity index (χ1n) is 5.63. The molecule has 0 unspecified atom stereocenters. The van der Waals surface area contributed by atoms with Gasteiger partial charge in [0.05, 0.1) is 11.2 Å². The highest BCUT2D eigenvalue weighted by Crippen LogP contribution is 2.32. The second kappa shape index (κ2) is 4.94. The normalized spacial score (nSPS) is 11.8. The number of hydrogen-bond donors (Lipinski definition) is 0. The van der Waals surface area contributed by atoms with Crippen LogP contribution < -0.4 is 0 Å². The molecular weight excluding hydrogens is 268 g/mol. The van der Waals surface area contributed by atoms with Crippen molar-refractivity contribution in [2.45, 2.75) is 43.0 Å². The predicted molar refractivity (Wildman–Crippen MR) is 73.3 cm³/mol. The quantitative estimate of drug-likeness (QED) is 0.761.